The third-order valence-electron chi connectivity index (χ3n) is 5.21. The molecule has 2 heterocycles. The Kier molecular flexibility index (Phi) is 5.33. The third-order valence-corrected chi connectivity index (χ3v) is 5.21. The molecule has 2 aromatic heterocycles. The van der Waals surface area contributed by atoms with Gasteiger partial charge in [-0.05, 0) is 36.9 Å². The lowest BCUT2D eigenvalue weighted by Gasteiger charge is -2.28. The molecule has 0 aliphatic rings. The van der Waals surface area contributed by atoms with Gasteiger partial charge in [-0.1, -0.05) is 48.5 Å². The summed E-state index contributed by atoms with van der Waals surface area (Å²) in [5.41, 5.74) is 0.426. The average molecular weight is 417 g/mol. The molecule has 2 aromatic carbocycles. The van der Waals surface area contributed by atoms with Crippen molar-refractivity contribution in [2.75, 3.05) is 0 Å². The second-order valence-electron chi connectivity index (χ2n) is 8.00. The standard InChI is InChI=1S/C24H23N3O4/c1-24(2,27-13-12-17-10-6-7-11-18(17)27)14-19-25-20(23(29)30)21(22(28)26-19)31-15-16-8-4-3-5-9-16/h3-13H,14-15H2,1-2H3,(H,29,30)(H,25,26,28). The normalized spacial score (nSPS) is 11.5. The highest BCUT2D eigenvalue weighted by molar-refractivity contribution is 5.88. The molecule has 2 N–H and O–H groups in total. The number of fused-ring (bicyclic) bond motifs is 1. The fraction of sp³-hybridized carbons (Fsp3) is 0.208. The minimum Gasteiger partial charge on any atom is -0.481 e. The molecule has 0 fully saturated rings. The van der Waals surface area contributed by atoms with Crippen molar-refractivity contribution < 1.29 is 14.6 Å². The molecule has 0 spiro atoms. The van der Waals surface area contributed by atoms with Crippen molar-refractivity contribution in [3.05, 3.63) is 94.3 Å². The summed E-state index contributed by atoms with van der Waals surface area (Å²) in [6, 6.07) is 19.2. The fourth-order valence-corrected chi connectivity index (χ4v) is 3.71. The molecular weight excluding hydrogens is 394 g/mol. The first-order valence-corrected chi connectivity index (χ1v) is 9.95. The van der Waals surface area contributed by atoms with Crippen molar-refractivity contribution in [2.24, 2.45) is 0 Å². The van der Waals surface area contributed by atoms with Crippen LogP contribution < -0.4 is 10.3 Å². The average Bonchev–Trinajstić information content (AvgIpc) is 3.18. The van der Waals surface area contributed by atoms with Gasteiger partial charge in [-0.3, -0.25) is 4.79 Å². The van der Waals surface area contributed by atoms with Crippen LogP contribution >= 0.6 is 0 Å². The topological polar surface area (TPSA) is 97.2 Å². The van der Waals surface area contributed by atoms with E-state index in [1.165, 1.54) is 0 Å². The van der Waals surface area contributed by atoms with Crippen molar-refractivity contribution >= 4 is 16.9 Å². The summed E-state index contributed by atoms with van der Waals surface area (Å²) in [6.45, 7) is 4.10. The van der Waals surface area contributed by atoms with E-state index in [4.69, 9.17) is 4.74 Å². The largest absolute Gasteiger partial charge is 0.481 e. The molecule has 0 aliphatic heterocycles. The van der Waals surface area contributed by atoms with Crippen LogP contribution in [0, 0.1) is 0 Å². The highest BCUT2D eigenvalue weighted by Gasteiger charge is 2.26. The minimum atomic E-state index is -1.31. The smallest absolute Gasteiger partial charge is 0.358 e. The van der Waals surface area contributed by atoms with Crippen molar-refractivity contribution in [2.45, 2.75) is 32.4 Å². The summed E-state index contributed by atoms with van der Waals surface area (Å²) in [7, 11) is 0. The van der Waals surface area contributed by atoms with Crippen LogP contribution in [0.5, 0.6) is 5.75 Å². The van der Waals surface area contributed by atoms with Crippen molar-refractivity contribution in [1.82, 2.24) is 14.5 Å². The van der Waals surface area contributed by atoms with Crippen molar-refractivity contribution in [3.8, 4) is 5.75 Å². The number of aromatic nitrogens is 3. The van der Waals surface area contributed by atoms with Crippen LogP contribution in [0.1, 0.15) is 35.7 Å². The van der Waals surface area contributed by atoms with Gasteiger partial charge in [-0.15, -0.1) is 0 Å². The van der Waals surface area contributed by atoms with Crippen LogP contribution in [-0.4, -0.2) is 25.6 Å². The number of aromatic carboxylic acids is 1. The van der Waals surface area contributed by atoms with Crippen LogP contribution in [0.25, 0.3) is 10.9 Å². The number of H-pyrrole nitrogens is 1. The summed E-state index contributed by atoms with van der Waals surface area (Å²) in [4.78, 5) is 31.4. The third kappa shape index (κ3) is 4.21. The Morgan fingerprint density at radius 3 is 2.55 bits per heavy atom. The number of carboxylic acid groups (broad SMARTS) is 1. The van der Waals surface area contributed by atoms with Crippen molar-refractivity contribution in [1.29, 1.82) is 0 Å². The van der Waals surface area contributed by atoms with E-state index < -0.39 is 17.1 Å². The Hall–Kier alpha value is -3.87. The molecule has 7 nitrogen and oxygen atoms in total. The number of carbonyl (C=O) groups is 1. The van der Waals surface area contributed by atoms with Gasteiger partial charge < -0.3 is 19.4 Å². The minimum absolute atomic E-state index is 0.0755. The second-order valence-corrected chi connectivity index (χ2v) is 8.00. The lowest BCUT2D eigenvalue weighted by atomic mass is 9.99. The molecule has 7 heteroatoms. The van der Waals surface area contributed by atoms with Crippen LogP contribution in [0.4, 0.5) is 0 Å². The number of ether oxygens (including phenoxy) is 1. The number of hydrogen-bond donors (Lipinski definition) is 2. The molecule has 4 rings (SSSR count). The number of hydrogen-bond acceptors (Lipinski definition) is 4. The lowest BCUT2D eigenvalue weighted by Crippen LogP contribution is -2.31. The molecule has 0 atom stereocenters. The molecule has 4 aromatic rings. The maximum absolute atomic E-state index is 12.7. The molecule has 31 heavy (non-hydrogen) atoms. The number of aromatic amines is 1. The van der Waals surface area contributed by atoms with Gasteiger partial charge in [0.15, 0.2) is 5.69 Å². The van der Waals surface area contributed by atoms with Crippen LogP contribution in [0.2, 0.25) is 0 Å². The molecule has 0 saturated carbocycles. The Morgan fingerprint density at radius 1 is 1.10 bits per heavy atom. The van der Waals surface area contributed by atoms with E-state index in [0.29, 0.717) is 6.42 Å². The van der Waals surface area contributed by atoms with E-state index in [-0.39, 0.29) is 23.9 Å². The molecule has 0 aliphatic carbocycles. The van der Waals surface area contributed by atoms with Gasteiger partial charge in [0.1, 0.15) is 12.4 Å². The maximum atomic E-state index is 12.7. The van der Waals surface area contributed by atoms with Gasteiger partial charge in [0.05, 0.1) is 0 Å². The zero-order valence-electron chi connectivity index (χ0n) is 17.3. The molecule has 0 unspecified atom stereocenters. The molecule has 158 valence electrons. The van der Waals surface area contributed by atoms with E-state index in [2.05, 4.69) is 14.5 Å². The Balaban J connectivity index is 1.64. The number of nitrogens with one attached hydrogen (secondary N) is 1. The predicted octanol–water partition coefficient (Wildman–Crippen LogP) is 3.98. The number of para-hydroxylation sites is 1. The zero-order valence-corrected chi connectivity index (χ0v) is 17.3. The van der Waals surface area contributed by atoms with Crippen LogP contribution in [0.3, 0.4) is 0 Å². The van der Waals surface area contributed by atoms with E-state index in [9.17, 15) is 14.7 Å². The van der Waals surface area contributed by atoms with Gasteiger partial charge in [-0.2, -0.15) is 0 Å². The SMILES string of the molecule is CC(C)(Cc1nc(C(=O)O)c(OCc2ccccc2)c(=O)[nH]1)n1ccc2ccccc21. The number of benzene rings is 2. The Morgan fingerprint density at radius 2 is 1.81 bits per heavy atom. The molecule has 0 radical (unpaired) electrons. The molecular formula is C24H23N3O4. The fourth-order valence-electron chi connectivity index (χ4n) is 3.71. The summed E-state index contributed by atoms with van der Waals surface area (Å²) in [5, 5.41) is 10.7. The number of nitrogens with zero attached hydrogens (tertiary/aromatic N) is 2. The lowest BCUT2D eigenvalue weighted by molar-refractivity contribution is 0.0683. The number of carboxylic acids is 1. The summed E-state index contributed by atoms with van der Waals surface area (Å²) in [5.74, 6) is -1.30. The highest BCUT2D eigenvalue weighted by atomic mass is 16.5. The Labute approximate surface area is 179 Å². The number of rotatable bonds is 7. The van der Waals surface area contributed by atoms with Gasteiger partial charge in [0.25, 0.3) is 5.56 Å². The quantitative estimate of drug-likeness (QED) is 0.474. The van der Waals surface area contributed by atoms with Gasteiger partial charge in [0.2, 0.25) is 5.75 Å². The summed E-state index contributed by atoms with van der Waals surface area (Å²) < 4.78 is 7.64. The first-order valence-electron chi connectivity index (χ1n) is 9.95. The predicted molar refractivity (Wildman–Crippen MR) is 118 cm³/mol. The zero-order chi connectivity index (χ0) is 22.0. The maximum Gasteiger partial charge on any atom is 0.358 e. The monoisotopic (exact) mass is 417 g/mol. The molecule has 0 bridgehead atoms. The first kappa shape index (κ1) is 20.4. The van der Waals surface area contributed by atoms with E-state index >= 15 is 0 Å². The van der Waals surface area contributed by atoms with Gasteiger partial charge >= 0.3 is 5.97 Å². The summed E-state index contributed by atoms with van der Waals surface area (Å²) >= 11 is 0. The molecule has 0 amide bonds. The van der Waals surface area contributed by atoms with Crippen LogP contribution in [-0.2, 0) is 18.6 Å². The van der Waals surface area contributed by atoms with E-state index in [1.54, 1.807) is 0 Å². The van der Waals surface area contributed by atoms with Gasteiger partial charge in [0, 0.05) is 23.7 Å². The first-order chi connectivity index (χ1) is 14.8. The van der Waals surface area contributed by atoms with E-state index in [0.717, 1.165) is 16.5 Å². The van der Waals surface area contributed by atoms with Gasteiger partial charge in [-0.25, -0.2) is 9.78 Å². The highest BCUT2D eigenvalue weighted by Crippen LogP contribution is 2.27. The van der Waals surface area contributed by atoms with E-state index in [1.807, 2.05) is 80.7 Å². The summed E-state index contributed by atoms with van der Waals surface area (Å²) in [6.07, 6.45) is 2.32. The molecule has 0 saturated heterocycles. The second kappa shape index (κ2) is 8.10. The van der Waals surface area contributed by atoms with Crippen molar-refractivity contribution in [3.63, 3.8) is 0 Å². The Bertz CT molecular complexity index is 1290. The van der Waals surface area contributed by atoms with Crippen LogP contribution in [0.15, 0.2) is 71.7 Å².